The summed E-state index contributed by atoms with van der Waals surface area (Å²) >= 11 is 5.91. The largest absolute Gasteiger partial charge is 0.383 e. The minimum absolute atomic E-state index is 0.409. The number of rotatable bonds is 5. The Hall–Kier alpha value is -2.08. The Bertz CT molecular complexity index is 635. The van der Waals surface area contributed by atoms with Crippen LogP contribution in [0.15, 0.2) is 30.7 Å². The molecule has 1 atom stereocenters. The lowest BCUT2D eigenvalue weighted by Gasteiger charge is -2.26. The van der Waals surface area contributed by atoms with Crippen molar-refractivity contribution in [2.24, 2.45) is 0 Å². The molecule has 22 heavy (non-hydrogen) atoms. The molecule has 116 valence electrons. The molecule has 0 bridgehead atoms. The first kappa shape index (κ1) is 14.8. The number of anilines is 3. The van der Waals surface area contributed by atoms with E-state index in [4.69, 9.17) is 11.6 Å². The predicted molar refractivity (Wildman–Crippen MR) is 89.7 cm³/mol. The van der Waals surface area contributed by atoms with Gasteiger partial charge in [-0.2, -0.15) is 0 Å². The molecule has 0 amide bonds. The zero-order valence-electron chi connectivity index (χ0n) is 12.5. The molecule has 3 rings (SSSR count). The molecule has 0 spiro atoms. The van der Waals surface area contributed by atoms with Crippen LogP contribution in [0.25, 0.3) is 0 Å². The minimum Gasteiger partial charge on any atom is -0.383 e. The minimum atomic E-state index is 0.409. The average molecular weight is 319 g/mol. The molecule has 6 nitrogen and oxygen atoms in total. The second-order valence-electron chi connectivity index (χ2n) is 5.25. The molecule has 2 aromatic rings. The first-order chi connectivity index (χ1) is 10.8. The van der Waals surface area contributed by atoms with Crippen LogP contribution in [-0.2, 0) is 0 Å². The highest BCUT2D eigenvalue weighted by Gasteiger charge is 2.25. The first-order valence-corrected chi connectivity index (χ1v) is 7.76. The van der Waals surface area contributed by atoms with Crippen molar-refractivity contribution in [1.82, 2.24) is 15.0 Å². The zero-order chi connectivity index (χ0) is 15.4. The summed E-state index contributed by atoms with van der Waals surface area (Å²) in [6, 6.07) is 6.16. The van der Waals surface area contributed by atoms with Gasteiger partial charge >= 0.3 is 0 Å². The second-order valence-corrected chi connectivity index (χ2v) is 5.64. The van der Waals surface area contributed by atoms with Crippen LogP contribution in [0.2, 0.25) is 5.15 Å². The van der Waals surface area contributed by atoms with E-state index in [0.717, 1.165) is 36.8 Å². The summed E-state index contributed by atoms with van der Waals surface area (Å²) < 4.78 is 0. The van der Waals surface area contributed by atoms with Gasteiger partial charge in [0.15, 0.2) is 0 Å². The van der Waals surface area contributed by atoms with E-state index in [1.807, 2.05) is 25.2 Å². The second kappa shape index (κ2) is 6.79. The van der Waals surface area contributed by atoms with Crippen molar-refractivity contribution in [3.05, 3.63) is 35.9 Å². The van der Waals surface area contributed by atoms with E-state index in [-0.39, 0.29) is 0 Å². The lowest BCUT2D eigenvalue weighted by Crippen LogP contribution is -2.35. The molecule has 3 heterocycles. The van der Waals surface area contributed by atoms with Gasteiger partial charge in [-0.1, -0.05) is 11.6 Å². The maximum Gasteiger partial charge on any atom is 0.134 e. The van der Waals surface area contributed by atoms with Crippen LogP contribution >= 0.6 is 11.6 Å². The topological polar surface area (TPSA) is 66.0 Å². The van der Waals surface area contributed by atoms with E-state index >= 15 is 0 Å². The van der Waals surface area contributed by atoms with Gasteiger partial charge in [-0.3, -0.25) is 0 Å². The average Bonchev–Trinajstić information content (AvgIpc) is 3.01. The first-order valence-electron chi connectivity index (χ1n) is 7.38. The Morgan fingerprint density at radius 2 is 2.23 bits per heavy atom. The van der Waals surface area contributed by atoms with Crippen LogP contribution in [0.3, 0.4) is 0 Å². The van der Waals surface area contributed by atoms with Crippen LogP contribution < -0.4 is 15.5 Å². The van der Waals surface area contributed by atoms with Crippen LogP contribution in [0.5, 0.6) is 0 Å². The molecule has 2 N–H and O–H groups in total. The molecule has 0 aliphatic carbocycles. The number of hydrogen-bond acceptors (Lipinski definition) is 6. The van der Waals surface area contributed by atoms with Crippen molar-refractivity contribution in [3.8, 4) is 0 Å². The zero-order valence-corrected chi connectivity index (χ0v) is 13.2. The Labute approximate surface area is 134 Å². The summed E-state index contributed by atoms with van der Waals surface area (Å²) in [7, 11) is 1.86. The van der Waals surface area contributed by atoms with Crippen molar-refractivity contribution in [2.45, 2.75) is 18.9 Å². The molecule has 1 aliphatic heterocycles. The number of pyridine rings is 1. The van der Waals surface area contributed by atoms with Crippen molar-refractivity contribution in [1.29, 1.82) is 0 Å². The molecule has 0 saturated carbocycles. The maximum absolute atomic E-state index is 5.91. The van der Waals surface area contributed by atoms with Gasteiger partial charge in [0, 0.05) is 44.1 Å². The fraction of sp³-hybridized carbons (Fsp3) is 0.400. The molecule has 7 heteroatoms. The quantitative estimate of drug-likeness (QED) is 0.826. The van der Waals surface area contributed by atoms with Crippen molar-refractivity contribution in [3.63, 3.8) is 0 Å². The molecular formula is C15H19ClN6. The van der Waals surface area contributed by atoms with Gasteiger partial charge in [0.1, 0.15) is 23.1 Å². The highest BCUT2D eigenvalue weighted by Crippen LogP contribution is 2.25. The number of aromatic nitrogens is 3. The summed E-state index contributed by atoms with van der Waals surface area (Å²) in [5.74, 6) is 1.81. The predicted octanol–water partition coefficient (Wildman–Crippen LogP) is 2.65. The summed E-state index contributed by atoms with van der Waals surface area (Å²) in [6.45, 7) is 1.86. The van der Waals surface area contributed by atoms with E-state index in [9.17, 15) is 0 Å². The van der Waals surface area contributed by atoms with Crippen LogP contribution in [0.4, 0.5) is 17.3 Å². The SMILES string of the molecule is CNc1cc(N2CCCC2CNc2ccnc(Cl)c2)ncn1. The van der Waals surface area contributed by atoms with Gasteiger partial charge in [-0.05, 0) is 25.0 Å². The Morgan fingerprint density at radius 1 is 1.32 bits per heavy atom. The summed E-state index contributed by atoms with van der Waals surface area (Å²) in [5, 5.41) is 6.99. The van der Waals surface area contributed by atoms with Gasteiger partial charge in [-0.25, -0.2) is 15.0 Å². The Balaban J connectivity index is 1.67. The van der Waals surface area contributed by atoms with E-state index in [1.165, 1.54) is 6.42 Å². The summed E-state index contributed by atoms with van der Waals surface area (Å²) in [4.78, 5) is 14.9. The number of hydrogen-bond donors (Lipinski definition) is 2. The van der Waals surface area contributed by atoms with Crippen LogP contribution in [0.1, 0.15) is 12.8 Å². The molecule has 1 unspecified atom stereocenters. The number of nitrogens with zero attached hydrogens (tertiary/aromatic N) is 4. The van der Waals surface area contributed by atoms with E-state index in [2.05, 4.69) is 30.5 Å². The van der Waals surface area contributed by atoms with E-state index < -0.39 is 0 Å². The fourth-order valence-electron chi connectivity index (χ4n) is 2.74. The molecule has 1 aliphatic rings. The molecule has 1 fully saturated rings. The normalized spacial score (nSPS) is 17.5. The van der Waals surface area contributed by atoms with Crippen LogP contribution in [0, 0.1) is 0 Å². The standard InChI is InChI=1S/C15H19ClN6/c1-17-14-8-15(21-10-20-14)22-6-2-3-12(22)9-19-11-4-5-18-13(16)7-11/h4-5,7-8,10,12H,2-3,6,9H2,1H3,(H,18,19)(H,17,20,21). The lowest BCUT2D eigenvalue weighted by atomic mass is 10.2. The van der Waals surface area contributed by atoms with Gasteiger partial charge in [0.2, 0.25) is 0 Å². The smallest absolute Gasteiger partial charge is 0.134 e. The van der Waals surface area contributed by atoms with Crippen molar-refractivity contribution >= 4 is 28.9 Å². The third kappa shape index (κ3) is 3.39. The highest BCUT2D eigenvalue weighted by molar-refractivity contribution is 6.29. The monoisotopic (exact) mass is 318 g/mol. The molecule has 0 aromatic carbocycles. The summed E-state index contributed by atoms with van der Waals surface area (Å²) in [5.41, 5.74) is 0.991. The maximum atomic E-state index is 5.91. The Kier molecular flexibility index (Phi) is 4.58. The van der Waals surface area contributed by atoms with Gasteiger partial charge in [0.25, 0.3) is 0 Å². The van der Waals surface area contributed by atoms with Crippen molar-refractivity contribution < 1.29 is 0 Å². The van der Waals surface area contributed by atoms with Crippen molar-refractivity contribution in [2.75, 3.05) is 35.7 Å². The van der Waals surface area contributed by atoms with Crippen LogP contribution in [-0.4, -0.2) is 41.1 Å². The summed E-state index contributed by atoms with van der Waals surface area (Å²) in [6.07, 6.45) is 5.63. The lowest BCUT2D eigenvalue weighted by molar-refractivity contribution is 0.690. The Morgan fingerprint density at radius 3 is 3.05 bits per heavy atom. The van der Waals surface area contributed by atoms with Gasteiger partial charge in [0.05, 0.1) is 0 Å². The molecule has 0 radical (unpaired) electrons. The van der Waals surface area contributed by atoms with Gasteiger partial charge < -0.3 is 15.5 Å². The fourth-order valence-corrected chi connectivity index (χ4v) is 2.91. The van der Waals surface area contributed by atoms with Gasteiger partial charge in [-0.15, -0.1) is 0 Å². The third-order valence-electron chi connectivity index (χ3n) is 3.85. The van der Waals surface area contributed by atoms with E-state index in [0.29, 0.717) is 11.2 Å². The van der Waals surface area contributed by atoms with E-state index in [1.54, 1.807) is 12.5 Å². The number of halogens is 1. The molecule has 2 aromatic heterocycles. The third-order valence-corrected chi connectivity index (χ3v) is 4.06. The highest BCUT2D eigenvalue weighted by atomic mass is 35.5. The molecular weight excluding hydrogens is 300 g/mol. The number of nitrogens with one attached hydrogen (secondary N) is 2. The molecule has 1 saturated heterocycles.